The Bertz CT molecular complexity index is 371. The van der Waals surface area contributed by atoms with Crippen LogP contribution in [-0.2, 0) is 6.54 Å². The summed E-state index contributed by atoms with van der Waals surface area (Å²) in [6.07, 6.45) is 3.84. The minimum absolute atomic E-state index is 0.0257. The summed E-state index contributed by atoms with van der Waals surface area (Å²) in [4.78, 5) is 11.7. The monoisotopic (exact) mass is 223 g/mol. The second kappa shape index (κ2) is 6.30. The summed E-state index contributed by atoms with van der Waals surface area (Å²) in [6.45, 7) is 7.88. The highest BCUT2D eigenvalue weighted by molar-refractivity contribution is 5.38. The van der Waals surface area contributed by atoms with Crippen LogP contribution in [0.1, 0.15) is 33.6 Å². The average Bonchev–Trinajstić information content (AvgIpc) is 2.21. The van der Waals surface area contributed by atoms with Gasteiger partial charge >= 0.3 is 0 Å². The number of aromatic nitrogens is 2. The Hall–Kier alpha value is -1.32. The van der Waals surface area contributed by atoms with Crippen molar-refractivity contribution >= 4 is 5.69 Å². The minimum Gasteiger partial charge on any atom is -0.384 e. The smallest absolute Gasteiger partial charge is 0.268 e. The summed E-state index contributed by atoms with van der Waals surface area (Å²) in [5.74, 6) is 0.678. The van der Waals surface area contributed by atoms with Gasteiger partial charge in [0.1, 0.15) is 0 Å². The maximum atomic E-state index is 11.7. The second-order valence-electron chi connectivity index (χ2n) is 4.37. The van der Waals surface area contributed by atoms with Gasteiger partial charge in [0.15, 0.2) is 0 Å². The van der Waals surface area contributed by atoms with Crippen LogP contribution < -0.4 is 10.9 Å². The first-order chi connectivity index (χ1) is 7.63. The van der Waals surface area contributed by atoms with Crippen LogP contribution in [0.4, 0.5) is 5.69 Å². The summed E-state index contributed by atoms with van der Waals surface area (Å²) in [6, 6.07) is 1.60. The lowest BCUT2D eigenvalue weighted by molar-refractivity contribution is 0.477. The van der Waals surface area contributed by atoms with Crippen molar-refractivity contribution in [2.75, 3.05) is 11.9 Å². The van der Waals surface area contributed by atoms with E-state index < -0.39 is 0 Å². The van der Waals surface area contributed by atoms with Crippen molar-refractivity contribution in [1.29, 1.82) is 0 Å². The largest absolute Gasteiger partial charge is 0.384 e. The van der Waals surface area contributed by atoms with E-state index in [4.69, 9.17) is 0 Å². The van der Waals surface area contributed by atoms with Gasteiger partial charge in [-0.05, 0) is 25.7 Å². The van der Waals surface area contributed by atoms with Gasteiger partial charge in [0, 0.05) is 19.2 Å². The molecule has 1 rings (SSSR count). The summed E-state index contributed by atoms with van der Waals surface area (Å²) < 4.78 is 1.53. The predicted molar refractivity (Wildman–Crippen MR) is 66.7 cm³/mol. The van der Waals surface area contributed by atoms with Crippen molar-refractivity contribution in [1.82, 2.24) is 9.78 Å². The first kappa shape index (κ1) is 12.7. The molecule has 0 aliphatic rings. The van der Waals surface area contributed by atoms with Crippen LogP contribution in [0.3, 0.4) is 0 Å². The molecule has 0 fully saturated rings. The first-order valence-electron chi connectivity index (χ1n) is 5.94. The van der Waals surface area contributed by atoms with E-state index in [2.05, 4.69) is 24.3 Å². The Morgan fingerprint density at radius 2 is 2.25 bits per heavy atom. The molecule has 1 aromatic heterocycles. The molecule has 4 heteroatoms. The Balaban J connectivity index is 2.58. The Labute approximate surface area is 96.7 Å². The Kier molecular flexibility index (Phi) is 5.02. The molecule has 1 heterocycles. The average molecular weight is 223 g/mol. The van der Waals surface area contributed by atoms with Crippen LogP contribution in [0.15, 0.2) is 17.1 Å². The first-order valence-corrected chi connectivity index (χ1v) is 5.94. The Morgan fingerprint density at radius 1 is 1.50 bits per heavy atom. The third kappa shape index (κ3) is 4.04. The van der Waals surface area contributed by atoms with Crippen molar-refractivity contribution < 1.29 is 0 Å². The van der Waals surface area contributed by atoms with E-state index >= 15 is 0 Å². The number of hydrogen-bond acceptors (Lipinski definition) is 3. The molecule has 0 aliphatic heterocycles. The third-order valence-corrected chi connectivity index (χ3v) is 2.40. The van der Waals surface area contributed by atoms with Crippen molar-refractivity contribution in [2.45, 2.75) is 40.2 Å². The van der Waals surface area contributed by atoms with Crippen LogP contribution in [0.25, 0.3) is 0 Å². The van der Waals surface area contributed by atoms with Crippen LogP contribution in [-0.4, -0.2) is 16.3 Å². The fourth-order valence-electron chi connectivity index (χ4n) is 1.55. The summed E-state index contributed by atoms with van der Waals surface area (Å²) in [7, 11) is 0. The van der Waals surface area contributed by atoms with Gasteiger partial charge in [-0.2, -0.15) is 5.10 Å². The molecule has 0 saturated heterocycles. The molecule has 0 aromatic carbocycles. The van der Waals surface area contributed by atoms with Gasteiger partial charge in [-0.3, -0.25) is 4.79 Å². The van der Waals surface area contributed by atoms with E-state index in [1.54, 1.807) is 12.3 Å². The molecule has 1 N–H and O–H groups in total. The van der Waals surface area contributed by atoms with Crippen LogP contribution in [0.5, 0.6) is 0 Å². The number of aryl methyl sites for hydroxylation is 1. The van der Waals surface area contributed by atoms with E-state index in [9.17, 15) is 4.79 Å². The molecule has 0 unspecified atom stereocenters. The number of nitrogens with one attached hydrogen (secondary N) is 1. The summed E-state index contributed by atoms with van der Waals surface area (Å²) in [5, 5.41) is 7.21. The molecule has 0 bridgehead atoms. The summed E-state index contributed by atoms with van der Waals surface area (Å²) in [5.41, 5.74) is 0.773. The summed E-state index contributed by atoms with van der Waals surface area (Å²) >= 11 is 0. The van der Waals surface area contributed by atoms with E-state index in [1.165, 1.54) is 4.68 Å². The second-order valence-corrected chi connectivity index (χ2v) is 4.37. The lowest BCUT2D eigenvalue weighted by Crippen LogP contribution is -2.22. The zero-order valence-electron chi connectivity index (χ0n) is 10.4. The maximum Gasteiger partial charge on any atom is 0.268 e. The van der Waals surface area contributed by atoms with Crippen LogP contribution >= 0.6 is 0 Å². The number of anilines is 1. The van der Waals surface area contributed by atoms with Gasteiger partial charge in [-0.25, -0.2) is 4.68 Å². The van der Waals surface area contributed by atoms with E-state index in [0.717, 1.165) is 25.1 Å². The highest BCUT2D eigenvalue weighted by Crippen LogP contribution is 2.04. The number of nitrogens with zero attached hydrogens (tertiary/aromatic N) is 2. The van der Waals surface area contributed by atoms with E-state index in [0.29, 0.717) is 12.5 Å². The normalized spacial score (nSPS) is 10.8. The standard InChI is InChI=1S/C12H21N3O/c1-4-13-11-8-12(16)15(14-9-11)7-5-6-10(2)3/h8-10,13H,4-7H2,1-3H3. The van der Waals surface area contributed by atoms with Crippen molar-refractivity contribution in [2.24, 2.45) is 5.92 Å². The molecule has 4 nitrogen and oxygen atoms in total. The molecule has 0 spiro atoms. The van der Waals surface area contributed by atoms with E-state index in [-0.39, 0.29) is 5.56 Å². The number of rotatable bonds is 6. The van der Waals surface area contributed by atoms with Gasteiger partial charge in [0.25, 0.3) is 5.56 Å². The van der Waals surface area contributed by atoms with Gasteiger partial charge in [0.2, 0.25) is 0 Å². The Morgan fingerprint density at radius 3 is 2.81 bits per heavy atom. The van der Waals surface area contributed by atoms with Gasteiger partial charge in [0.05, 0.1) is 11.9 Å². The molecule has 16 heavy (non-hydrogen) atoms. The third-order valence-electron chi connectivity index (χ3n) is 2.40. The van der Waals surface area contributed by atoms with Crippen LogP contribution in [0, 0.1) is 5.92 Å². The van der Waals surface area contributed by atoms with Gasteiger partial charge < -0.3 is 5.32 Å². The maximum absolute atomic E-state index is 11.7. The molecule has 0 atom stereocenters. The topological polar surface area (TPSA) is 46.9 Å². The van der Waals surface area contributed by atoms with Crippen LogP contribution in [0.2, 0.25) is 0 Å². The molecule has 90 valence electrons. The predicted octanol–water partition coefficient (Wildman–Crippen LogP) is 2.11. The van der Waals surface area contributed by atoms with Gasteiger partial charge in [-0.15, -0.1) is 0 Å². The zero-order chi connectivity index (χ0) is 12.0. The van der Waals surface area contributed by atoms with Gasteiger partial charge in [-0.1, -0.05) is 13.8 Å². The highest BCUT2D eigenvalue weighted by Gasteiger charge is 2.00. The molecule has 0 radical (unpaired) electrons. The molecule has 0 aliphatic carbocycles. The molecular formula is C12H21N3O. The van der Waals surface area contributed by atoms with E-state index in [1.807, 2.05) is 6.92 Å². The van der Waals surface area contributed by atoms with Crippen molar-refractivity contribution in [3.63, 3.8) is 0 Å². The quantitative estimate of drug-likeness (QED) is 0.803. The van der Waals surface area contributed by atoms with Crippen molar-refractivity contribution in [3.05, 3.63) is 22.6 Å². The molecule has 0 saturated carbocycles. The lowest BCUT2D eigenvalue weighted by atomic mass is 10.1. The molecule has 0 amide bonds. The fraction of sp³-hybridized carbons (Fsp3) is 0.667. The zero-order valence-corrected chi connectivity index (χ0v) is 10.4. The fourth-order valence-corrected chi connectivity index (χ4v) is 1.55. The van der Waals surface area contributed by atoms with Crippen molar-refractivity contribution in [3.8, 4) is 0 Å². The minimum atomic E-state index is -0.0257. The lowest BCUT2D eigenvalue weighted by Gasteiger charge is -2.07. The highest BCUT2D eigenvalue weighted by atomic mass is 16.1. The molecular weight excluding hydrogens is 202 g/mol. The number of hydrogen-bond donors (Lipinski definition) is 1. The SMILES string of the molecule is CCNc1cnn(CCCC(C)C)c(=O)c1. The molecule has 1 aromatic rings.